The largest absolute Gasteiger partial charge is 0.460 e. The summed E-state index contributed by atoms with van der Waals surface area (Å²) in [7, 11) is 5.71. The van der Waals surface area contributed by atoms with Crippen molar-refractivity contribution in [1.29, 1.82) is 0 Å². The van der Waals surface area contributed by atoms with Gasteiger partial charge in [-0.1, -0.05) is 46.6 Å². The average molecular weight is 657 g/mol. The minimum absolute atomic E-state index is 0.0157. The molecule has 9 heteroatoms. The molecule has 2 heterocycles. The third kappa shape index (κ3) is 10.0. The van der Waals surface area contributed by atoms with Crippen LogP contribution in [-0.2, 0) is 33.3 Å². The van der Waals surface area contributed by atoms with Gasteiger partial charge in [-0.25, -0.2) is 0 Å². The monoisotopic (exact) mass is 656 g/mol. The molecular formula is C38H60N2O7. The van der Waals surface area contributed by atoms with Crippen LogP contribution in [0.2, 0.25) is 0 Å². The minimum atomic E-state index is -1.33. The van der Waals surface area contributed by atoms with Crippen LogP contribution in [0.1, 0.15) is 74.1 Å². The Kier molecular flexibility index (Phi) is 15.4. The van der Waals surface area contributed by atoms with E-state index in [9.17, 15) is 9.59 Å². The second kappa shape index (κ2) is 18.0. The zero-order valence-corrected chi connectivity index (χ0v) is 30.5. The Morgan fingerprint density at radius 1 is 1.13 bits per heavy atom. The first kappa shape index (κ1) is 40.2. The summed E-state index contributed by atoms with van der Waals surface area (Å²) < 4.78 is 31.6. The van der Waals surface area contributed by atoms with Gasteiger partial charge in [-0.2, -0.15) is 0 Å². The highest BCUT2D eigenvalue weighted by atomic mass is 16.7. The summed E-state index contributed by atoms with van der Waals surface area (Å²) in [6.45, 7) is 29.7. The van der Waals surface area contributed by atoms with E-state index in [0.29, 0.717) is 19.3 Å². The van der Waals surface area contributed by atoms with Crippen molar-refractivity contribution in [1.82, 2.24) is 9.80 Å². The van der Waals surface area contributed by atoms with Crippen LogP contribution in [0.3, 0.4) is 0 Å². The van der Waals surface area contributed by atoms with E-state index < -0.39 is 48.0 Å². The van der Waals surface area contributed by atoms with Crippen LogP contribution in [0.4, 0.5) is 0 Å². The van der Waals surface area contributed by atoms with Crippen molar-refractivity contribution in [3.05, 3.63) is 74.0 Å². The van der Waals surface area contributed by atoms with Crippen molar-refractivity contribution in [2.45, 2.75) is 116 Å². The van der Waals surface area contributed by atoms with Gasteiger partial charge in [0.2, 0.25) is 0 Å². The Hall–Kier alpha value is -2.98. The first-order valence-corrected chi connectivity index (χ1v) is 16.8. The Labute approximate surface area is 284 Å². The second-order valence-electron chi connectivity index (χ2n) is 13.2. The summed E-state index contributed by atoms with van der Waals surface area (Å²) in [5.41, 5.74) is 0.330. The third-order valence-electron chi connectivity index (χ3n) is 9.55. The van der Waals surface area contributed by atoms with Gasteiger partial charge in [0, 0.05) is 37.9 Å². The van der Waals surface area contributed by atoms with E-state index in [1.165, 1.54) is 0 Å². The Bertz CT molecular complexity index is 1190. The number of nitrogens with zero attached hydrogens (tertiary/aromatic N) is 2. The fourth-order valence-electron chi connectivity index (χ4n) is 6.45. The number of cyclic esters (lactones) is 1. The van der Waals surface area contributed by atoms with Crippen LogP contribution in [0, 0.1) is 17.8 Å². The topological polar surface area (TPSA) is 86.8 Å². The van der Waals surface area contributed by atoms with E-state index in [1.807, 2.05) is 53.9 Å². The highest BCUT2D eigenvalue weighted by Gasteiger charge is 2.44. The Morgan fingerprint density at radius 2 is 1.79 bits per heavy atom. The lowest BCUT2D eigenvalue weighted by Gasteiger charge is -2.41. The van der Waals surface area contributed by atoms with Gasteiger partial charge in [-0.15, -0.1) is 0 Å². The molecule has 2 aliphatic rings. The number of methoxy groups -OCH3 is 1. The molecule has 0 aromatic rings. The molecule has 264 valence electrons. The average Bonchev–Trinajstić information content (AvgIpc) is 3.04. The van der Waals surface area contributed by atoms with Crippen molar-refractivity contribution in [3.63, 3.8) is 0 Å². The number of carbonyl (C=O) groups excluding carboxylic acids is 2. The fraction of sp³-hybridized carbons (Fsp3) is 0.632. The summed E-state index contributed by atoms with van der Waals surface area (Å²) in [6, 6.07) is 0.264. The lowest BCUT2D eigenvalue weighted by atomic mass is 9.82. The fourth-order valence-corrected chi connectivity index (χ4v) is 6.45. The van der Waals surface area contributed by atoms with E-state index in [1.54, 1.807) is 44.3 Å². The summed E-state index contributed by atoms with van der Waals surface area (Å²) in [5.74, 6) is -2.58. The van der Waals surface area contributed by atoms with Crippen molar-refractivity contribution < 1.29 is 33.3 Å². The van der Waals surface area contributed by atoms with Crippen molar-refractivity contribution in [3.8, 4) is 0 Å². The number of Topliss-reactive ketones (excluding diaryl/α,β-unsaturated/α-hetero) is 1. The molecule has 0 aliphatic carbocycles. The van der Waals surface area contributed by atoms with Crippen LogP contribution in [0.25, 0.3) is 0 Å². The summed E-state index contributed by atoms with van der Waals surface area (Å²) in [6.07, 6.45) is 8.47. The predicted octanol–water partition coefficient (Wildman–Crippen LogP) is 6.94. The zero-order valence-electron chi connectivity index (χ0n) is 30.5. The van der Waals surface area contributed by atoms with Crippen LogP contribution in [0.15, 0.2) is 74.0 Å². The van der Waals surface area contributed by atoms with Gasteiger partial charge in [-0.3, -0.25) is 14.5 Å². The maximum absolute atomic E-state index is 14.1. The molecule has 47 heavy (non-hydrogen) atoms. The lowest BCUT2D eigenvalue weighted by molar-refractivity contribution is -0.245. The number of ketones is 1. The van der Waals surface area contributed by atoms with Gasteiger partial charge in [-0.05, 0) is 96.8 Å². The third-order valence-corrected chi connectivity index (χ3v) is 9.55. The number of carbonyl (C=O) groups is 2. The smallest absolute Gasteiger partial charge is 0.316 e. The molecule has 0 aromatic heterocycles. The van der Waals surface area contributed by atoms with Crippen LogP contribution in [-0.4, -0.2) is 85.1 Å². The molecule has 0 bridgehead atoms. The van der Waals surface area contributed by atoms with Crippen molar-refractivity contribution in [2.75, 3.05) is 21.2 Å². The maximum Gasteiger partial charge on any atom is 0.316 e. The van der Waals surface area contributed by atoms with E-state index >= 15 is 0 Å². The Balaban J connectivity index is 2.65. The molecule has 0 spiro atoms. The van der Waals surface area contributed by atoms with E-state index in [4.69, 9.17) is 23.7 Å². The molecule has 0 radical (unpaired) electrons. The molecule has 0 amide bonds. The normalized spacial score (nSPS) is 35.9. The first-order valence-electron chi connectivity index (χ1n) is 16.8. The van der Waals surface area contributed by atoms with Crippen molar-refractivity contribution in [2.24, 2.45) is 17.8 Å². The minimum Gasteiger partial charge on any atom is -0.460 e. The lowest BCUT2D eigenvalue weighted by Crippen LogP contribution is -2.50. The van der Waals surface area contributed by atoms with Crippen LogP contribution in [0.5, 0.6) is 0 Å². The number of esters is 1. The van der Waals surface area contributed by atoms with Gasteiger partial charge in [0.1, 0.15) is 12.0 Å². The number of ether oxygens (including phenoxy) is 5. The quantitative estimate of drug-likeness (QED) is 0.102. The first-order chi connectivity index (χ1) is 22.1. The number of rotatable bonds is 11. The van der Waals surface area contributed by atoms with Crippen LogP contribution < -0.4 is 0 Å². The molecular weight excluding hydrogens is 596 g/mol. The summed E-state index contributed by atoms with van der Waals surface area (Å²) in [5, 5.41) is 0. The molecule has 0 aromatic carbocycles. The highest BCUT2D eigenvalue weighted by molar-refractivity contribution is 6.00. The number of hydrogen-bond acceptors (Lipinski definition) is 9. The van der Waals surface area contributed by atoms with E-state index in [-0.39, 0.29) is 29.7 Å². The molecule has 10 atom stereocenters. The number of hydrogen-bond donors (Lipinski definition) is 0. The van der Waals surface area contributed by atoms with Gasteiger partial charge >= 0.3 is 5.97 Å². The predicted molar refractivity (Wildman–Crippen MR) is 187 cm³/mol. The molecule has 2 aliphatic heterocycles. The Morgan fingerprint density at radius 3 is 2.32 bits per heavy atom. The number of allylic oxidation sites excluding steroid dienone is 3. The van der Waals surface area contributed by atoms with Crippen molar-refractivity contribution >= 4 is 11.8 Å². The van der Waals surface area contributed by atoms with Gasteiger partial charge in [0.05, 0.1) is 18.3 Å². The molecule has 9 nitrogen and oxygen atoms in total. The molecule has 0 saturated carbocycles. The molecule has 1 saturated heterocycles. The van der Waals surface area contributed by atoms with Gasteiger partial charge in [0.15, 0.2) is 23.6 Å². The molecule has 1 fully saturated rings. The molecule has 0 N–H and O–H groups in total. The summed E-state index contributed by atoms with van der Waals surface area (Å²) >= 11 is 0. The zero-order chi connectivity index (χ0) is 35.6. The summed E-state index contributed by atoms with van der Waals surface area (Å²) in [4.78, 5) is 31.6. The van der Waals surface area contributed by atoms with E-state index in [2.05, 4.69) is 38.1 Å². The van der Waals surface area contributed by atoms with Gasteiger partial charge in [0.25, 0.3) is 0 Å². The van der Waals surface area contributed by atoms with E-state index in [0.717, 1.165) is 17.6 Å². The SMILES string of the molecule is C=CN(/C=C\C)C(=C)O[C@@]1(C=C)/C=C(\C)C(=C)[C@H](C)C[C@H](OC)[C@H](O[C@H]2C[C@@H](N(C)C)C[C@@H](C)O2)[C@@H](C)C(=O)[C@@H](C)C(=O)O[C@@H]1CC. The highest BCUT2D eigenvalue weighted by Crippen LogP contribution is 2.36. The standard InChI is InChI=1S/C38H60N2O7/c1-15-19-40(18-4)30(11)47-38(17-3)23-25(6)27(8)24(5)20-32(43-14)36(46-34-22-31(39(12)13)21-26(7)44-34)28(9)35(41)29(10)37(42)45-33(38)16-2/h15,17-19,23-24,26,28-29,31-34,36H,3-4,8,11,16,20-22H2,1-2,5-7,9-10,12-14H3/b19-15-,25-23+/t24-,26-,28+,29-,31+,32+,33-,34+,36-,38+/m1/s1. The molecule has 2 rings (SSSR count). The van der Waals surface area contributed by atoms with Crippen LogP contribution >= 0.6 is 0 Å². The van der Waals surface area contributed by atoms with Gasteiger partial charge < -0.3 is 28.6 Å². The second-order valence-corrected chi connectivity index (χ2v) is 13.2. The maximum atomic E-state index is 14.1. The molecule has 0 unspecified atom stereocenters.